The van der Waals surface area contributed by atoms with Gasteiger partial charge in [0.25, 0.3) is 0 Å². The molecule has 0 saturated carbocycles. The van der Waals surface area contributed by atoms with E-state index in [-0.39, 0.29) is 130 Å². The van der Waals surface area contributed by atoms with Crippen molar-refractivity contribution in [3.05, 3.63) is 0 Å². The van der Waals surface area contributed by atoms with E-state index in [9.17, 15) is 200 Å². The molecule has 10 unspecified atom stereocenters. The summed E-state index contributed by atoms with van der Waals surface area (Å²) >= 11 is 0. The summed E-state index contributed by atoms with van der Waals surface area (Å²) in [7, 11) is 0. The lowest BCUT2D eigenvalue weighted by molar-refractivity contribution is -0.365. The number of ether oxygens (including phenoxy) is 5. The molecule has 2 heterocycles. The minimum Gasteiger partial charge on any atom is -0.480 e. The van der Waals surface area contributed by atoms with Gasteiger partial charge in [-0.3, -0.25) is 116 Å². The number of aliphatic carboxylic acids is 15. The van der Waals surface area contributed by atoms with Crippen LogP contribution in [0, 0.1) is 0 Å². The number of aliphatic hydroxyl groups is 10. The van der Waals surface area contributed by atoms with Gasteiger partial charge in [-0.2, -0.15) is 0 Å². The van der Waals surface area contributed by atoms with E-state index >= 15 is 0 Å². The van der Waals surface area contributed by atoms with Crippen LogP contribution in [0.5, 0.6) is 0 Å². The maximum Gasteiger partial charge on any atom is 0.320 e. The first-order chi connectivity index (χ1) is 61.5. The van der Waals surface area contributed by atoms with Gasteiger partial charge in [-0.25, -0.2) is 0 Å². The molecule has 2 saturated heterocycles. The Morgan fingerprint density at radius 2 is 0.618 bits per heavy atom. The Labute approximate surface area is 748 Å². The third-order valence-electron chi connectivity index (χ3n) is 20.6. The third kappa shape index (κ3) is 49.0. The first-order valence-electron chi connectivity index (χ1n) is 41.5. The van der Waals surface area contributed by atoms with Crippen LogP contribution in [0.4, 0.5) is 0 Å². The van der Waals surface area contributed by atoms with Gasteiger partial charge in [0.15, 0.2) is 12.6 Å². The highest BCUT2D eigenvalue weighted by molar-refractivity contribution is 5.77. The monoisotopic (exact) mass is 1900 g/mol. The lowest BCUT2D eigenvalue weighted by Gasteiger charge is -2.47. The predicted molar refractivity (Wildman–Crippen MR) is 434 cm³/mol. The first kappa shape index (κ1) is 118. The van der Waals surface area contributed by atoms with Crippen LogP contribution in [0.25, 0.3) is 0 Å². The molecule has 0 radical (unpaired) electrons. The number of rotatable bonds is 80. The van der Waals surface area contributed by atoms with E-state index < -0.39 is 337 Å². The van der Waals surface area contributed by atoms with E-state index in [2.05, 4.69) is 16.0 Å². The zero-order chi connectivity index (χ0) is 98.9. The number of hydrogen-bond donors (Lipinski definition) is 28. The van der Waals surface area contributed by atoms with Gasteiger partial charge >= 0.3 is 89.5 Å². The topological polar surface area (TPSA) is 873 Å². The van der Waals surface area contributed by atoms with E-state index in [4.69, 9.17) is 23.7 Å². The fourth-order valence-corrected chi connectivity index (χ4v) is 14.3. The minimum atomic E-state index is -2.39. The van der Waals surface area contributed by atoms with Gasteiger partial charge in [0.2, 0.25) is 0 Å². The molecule has 0 aromatic heterocycles. The molecule has 2 rings (SSSR count). The Morgan fingerprint density at radius 1 is 0.321 bits per heavy atom. The summed E-state index contributed by atoms with van der Waals surface area (Å²) in [6, 6.07) is -4.41. The Hall–Kier alpha value is -9.03. The molecule has 2 aliphatic heterocycles. The largest absolute Gasteiger partial charge is 0.480 e. The molecule has 0 aromatic carbocycles. The summed E-state index contributed by atoms with van der Waals surface area (Å²) in [5.41, 5.74) is 0. The Kier molecular flexibility index (Phi) is 57.0. The summed E-state index contributed by atoms with van der Waals surface area (Å²) in [5, 5.41) is 267. The molecule has 57 heteroatoms. The molecule has 0 spiro atoms. The molecule has 2 fully saturated rings. The Morgan fingerprint density at radius 3 is 0.931 bits per heavy atom. The quantitative estimate of drug-likeness (QED) is 0.0251. The normalized spacial score (nSPS) is 20.8. The molecule has 18 atom stereocenters. The number of hydrogen-bond acceptors (Lipinski definition) is 42. The van der Waals surface area contributed by atoms with E-state index in [0.717, 1.165) is 29.4 Å². The fraction of sp³-hybridized carbons (Fsp3) is 0.797. The first-order valence-corrected chi connectivity index (χ1v) is 41.5. The van der Waals surface area contributed by atoms with Crippen LogP contribution in [0.1, 0.15) is 51.4 Å². The Bertz CT molecular complexity index is 3320. The van der Waals surface area contributed by atoms with Gasteiger partial charge in [0.05, 0.1) is 111 Å². The maximum absolute atomic E-state index is 13.1. The highest BCUT2D eigenvalue weighted by Crippen LogP contribution is 2.32. The number of carboxylic acids is 15. The van der Waals surface area contributed by atoms with Crippen molar-refractivity contribution in [1.82, 2.24) is 60.0 Å². The summed E-state index contributed by atoms with van der Waals surface area (Å²) in [5.74, 6) is -21.6. The van der Waals surface area contributed by atoms with Gasteiger partial charge in [-0.05, 0) is 58.2 Å². The molecule has 57 nitrogen and oxygen atoms in total. The average molecular weight is 1910 g/mol. The van der Waals surface area contributed by atoms with Gasteiger partial charge in [0.1, 0.15) is 85.3 Å². The van der Waals surface area contributed by atoms with E-state index in [1.54, 1.807) is 0 Å². The van der Waals surface area contributed by atoms with Crippen LogP contribution in [0.15, 0.2) is 0 Å². The van der Waals surface area contributed by atoms with Crippen molar-refractivity contribution in [3.63, 3.8) is 0 Å². The van der Waals surface area contributed by atoms with Gasteiger partial charge in [-0.15, -0.1) is 0 Å². The van der Waals surface area contributed by atoms with Crippen molar-refractivity contribution >= 4 is 89.5 Å². The highest BCUT2D eigenvalue weighted by atomic mass is 16.7. The second-order valence-corrected chi connectivity index (χ2v) is 31.1. The third-order valence-corrected chi connectivity index (χ3v) is 20.6. The summed E-state index contributed by atoms with van der Waals surface area (Å²) in [4.78, 5) is 188. The number of aliphatic hydroxyl groups excluding tert-OH is 10. The summed E-state index contributed by atoms with van der Waals surface area (Å²) in [6.45, 7) is -18.1. The lowest BCUT2D eigenvalue weighted by atomic mass is 9.96. The molecule has 0 amide bonds. The van der Waals surface area contributed by atoms with Crippen LogP contribution in [-0.2, 0) is 95.6 Å². The van der Waals surface area contributed by atoms with Crippen molar-refractivity contribution in [2.24, 2.45) is 0 Å². The summed E-state index contributed by atoms with van der Waals surface area (Å²) in [6.07, 6.45) is -31.3. The Balaban J connectivity index is 2.64. The average Bonchev–Trinajstić information content (AvgIpc) is 0.780. The molecule has 2 aliphatic rings. The van der Waals surface area contributed by atoms with Crippen LogP contribution >= 0.6 is 0 Å². The van der Waals surface area contributed by atoms with E-state index in [1.807, 2.05) is 0 Å². The number of nitrogens with one attached hydrogen (secondary N) is 3. The SMILES string of the molecule is O=C(O)CN(CCN(CCN(CC(=O)O)CC(=O)O)C(CCCCNCC(O)COCC(O)C(O[C@@H]1O[C@H](CNCCCC(C(=O)O)N(CCN(CC(=O)O)CC(=O)O)CCN(CC(=O)O)CC(=O)O)C(O[C@@H]2O[C@H](CO)C(O)[C@H](O)[C@H]2O)[C@H](O)[C@H]1O)C(O)C(O)CNCCCCC(C(=O)O)N(CCN(CC(=O)O)CC(=O)O)CCN(CC(=O)O)CC(=O)O)C(=O)O)CC(=O)O. The molecule has 0 bridgehead atoms. The van der Waals surface area contributed by atoms with Crippen LogP contribution in [0.3, 0.4) is 0 Å². The molecule has 0 aliphatic carbocycles. The standard InChI is InChI=1S/C74H128N12O45/c87-39-49-63(116)64(117)66(119)73(129-49)131-69-48(26-77-11-5-8-45(72(125)126)86(22-16-82(35-58(107)108)36-59(109)110)23-17-83(37-60(111)112)38-61(113)114)128-74(67(120)65(69)118)130-68(62(115)46(89)25-76-10-4-2-7-44(71(123)124)85(20-14-80(31-54(99)100)32-55(101)102)21-15-81(33-56(103)104)34-57(105)106)47(90)41-127-40-42(88)24-75-9-3-1-6-43(70(121)122)84(18-12-78(27-50(91)92)28-51(93)94)19-13-79(29-52(95)96)30-53(97)98/h42-49,62-69,73-77,87-90,115-120H,1-41H2,(H,91,92)(H,93,94)(H,95,96)(H,97,98)(H,99,100)(H,101,102)(H,103,104)(H,105,106)(H,107,108)(H,109,110)(H,111,112)(H,113,114)(H,121,122)(H,123,124)(H,125,126)/t42?,43?,44?,45?,46?,47?,48-,49-,62?,63?,64+,65-,66-,67-,68?,69?,73+,74+/m1/s1. The van der Waals surface area contributed by atoms with Crippen molar-refractivity contribution in [2.45, 2.75) is 161 Å². The van der Waals surface area contributed by atoms with Crippen LogP contribution in [-0.4, -0.2) is 588 Å². The molecule has 28 N–H and O–H groups in total. The number of unbranched alkanes of at least 4 members (excludes halogenated alkanes) is 2. The summed E-state index contributed by atoms with van der Waals surface area (Å²) < 4.78 is 29.3. The predicted octanol–water partition coefficient (Wildman–Crippen LogP) is -13.6. The van der Waals surface area contributed by atoms with Crippen LogP contribution < -0.4 is 16.0 Å². The fourth-order valence-electron chi connectivity index (χ4n) is 14.3. The maximum atomic E-state index is 13.1. The smallest absolute Gasteiger partial charge is 0.320 e. The highest BCUT2D eigenvalue weighted by Gasteiger charge is 2.52. The van der Waals surface area contributed by atoms with Gasteiger partial charge in [0, 0.05) is 98.2 Å². The number of carbonyl (C=O) groups is 15. The lowest BCUT2D eigenvalue weighted by Crippen LogP contribution is -2.66. The molecular formula is C74H128N12O45. The van der Waals surface area contributed by atoms with E-state index in [0.29, 0.717) is 0 Å². The van der Waals surface area contributed by atoms with Crippen molar-refractivity contribution in [2.75, 3.05) is 216 Å². The van der Waals surface area contributed by atoms with Crippen molar-refractivity contribution in [3.8, 4) is 0 Å². The van der Waals surface area contributed by atoms with Gasteiger partial charge < -0.3 is 167 Å². The zero-order valence-corrected chi connectivity index (χ0v) is 71.8. The number of nitrogens with zero attached hydrogens (tertiary/aromatic N) is 9. The molecule has 754 valence electrons. The molecule has 0 aromatic rings. The second kappa shape index (κ2) is 63.2. The molecular weight excluding hydrogens is 1780 g/mol. The second-order valence-electron chi connectivity index (χ2n) is 31.1. The van der Waals surface area contributed by atoms with Gasteiger partial charge in [-0.1, -0.05) is 12.8 Å². The van der Waals surface area contributed by atoms with Crippen molar-refractivity contribution < 1.29 is 223 Å². The zero-order valence-electron chi connectivity index (χ0n) is 71.8. The van der Waals surface area contributed by atoms with Crippen molar-refractivity contribution in [1.29, 1.82) is 0 Å². The minimum absolute atomic E-state index is 0.00820. The molecule has 131 heavy (non-hydrogen) atoms. The van der Waals surface area contributed by atoms with E-state index in [1.165, 1.54) is 14.7 Å². The van der Waals surface area contributed by atoms with Crippen LogP contribution in [0.2, 0.25) is 0 Å². The number of carboxylic acid groups (broad SMARTS) is 15.